The van der Waals surface area contributed by atoms with Crippen molar-refractivity contribution in [2.75, 3.05) is 54.9 Å². The third kappa shape index (κ3) is 5.06. The van der Waals surface area contributed by atoms with E-state index in [9.17, 15) is 8.42 Å². The molecule has 0 radical (unpaired) electrons. The van der Waals surface area contributed by atoms with Crippen LogP contribution in [0.1, 0.15) is 24.0 Å². The van der Waals surface area contributed by atoms with Gasteiger partial charge in [0, 0.05) is 31.9 Å². The van der Waals surface area contributed by atoms with Crippen LogP contribution in [-0.2, 0) is 14.8 Å². The lowest BCUT2D eigenvalue weighted by Crippen LogP contribution is -2.40. The van der Waals surface area contributed by atoms with E-state index in [-0.39, 0.29) is 4.90 Å². The Balaban J connectivity index is 1.61. The molecule has 172 valence electrons. The molecular weight excluding hydrogens is 444 g/mol. The summed E-state index contributed by atoms with van der Waals surface area (Å²) in [5, 5.41) is 6.91. The van der Waals surface area contributed by atoms with Gasteiger partial charge in [-0.3, -0.25) is 0 Å². The van der Waals surface area contributed by atoms with E-state index in [1.165, 1.54) is 15.4 Å². The van der Waals surface area contributed by atoms with Gasteiger partial charge in [-0.1, -0.05) is 6.07 Å². The Bertz CT molecular complexity index is 1090. The van der Waals surface area contributed by atoms with Gasteiger partial charge in [-0.25, -0.2) is 8.42 Å². The fraction of sp³-hybridized carbons (Fsp3) is 0.435. The molecule has 2 aromatic rings. The Labute approximate surface area is 195 Å². The highest BCUT2D eigenvalue weighted by molar-refractivity contribution is 7.89. The number of sulfonamides is 1. The summed E-state index contributed by atoms with van der Waals surface area (Å²) in [6, 6.07) is 11.4. The lowest BCUT2D eigenvalue weighted by atomic mass is 10.1. The molecule has 2 aromatic carbocycles. The second-order valence-corrected chi connectivity index (χ2v) is 10.6. The number of nitrogens with zero attached hydrogens (tertiary/aromatic N) is 2. The maximum Gasteiger partial charge on any atom is 0.243 e. The van der Waals surface area contributed by atoms with Gasteiger partial charge in [0.2, 0.25) is 10.0 Å². The summed E-state index contributed by atoms with van der Waals surface area (Å²) in [6.07, 6.45) is 2.25. The van der Waals surface area contributed by atoms with Crippen molar-refractivity contribution in [3.8, 4) is 0 Å². The highest BCUT2D eigenvalue weighted by Gasteiger charge is 2.28. The van der Waals surface area contributed by atoms with Crippen LogP contribution in [0.3, 0.4) is 0 Å². The van der Waals surface area contributed by atoms with E-state index < -0.39 is 10.0 Å². The molecule has 0 aromatic heterocycles. The van der Waals surface area contributed by atoms with Crippen molar-refractivity contribution in [2.45, 2.75) is 31.6 Å². The second-order valence-electron chi connectivity index (χ2n) is 8.27. The van der Waals surface area contributed by atoms with Gasteiger partial charge < -0.3 is 20.3 Å². The van der Waals surface area contributed by atoms with Crippen LogP contribution in [0.2, 0.25) is 0 Å². The molecule has 32 heavy (non-hydrogen) atoms. The molecule has 2 heterocycles. The number of anilines is 3. The van der Waals surface area contributed by atoms with Gasteiger partial charge in [0.15, 0.2) is 5.11 Å². The predicted octanol–water partition coefficient (Wildman–Crippen LogP) is 3.73. The van der Waals surface area contributed by atoms with Gasteiger partial charge in [0.25, 0.3) is 0 Å². The van der Waals surface area contributed by atoms with Gasteiger partial charge in [-0.2, -0.15) is 4.31 Å². The Morgan fingerprint density at radius 3 is 2.34 bits per heavy atom. The Morgan fingerprint density at radius 1 is 0.938 bits per heavy atom. The quantitative estimate of drug-likeness (QED) is 0.640. The minimum Gasteiger partial charge on any atom is -0.379 e. The molecule has 0 amide bonds. The molecule has 2 fully saturated rings. The van der Waals surface area contributed by atoms with Crippen LogP contribution in [-0.4, -0.2) is 57.2 Å². The van der Waals surface area contributed by atoms with Crippen LogP contribution in [0.25, 0.3) is 0 Å². The summed E-state index contributed by atoms with van der Waals surface area (Å²) in [6.45, 7) is 7.59. The van der Waals surface area contributed by atoms with Crippen LogP contribution < -0.4 is 15.5 Å². The zero-order chi connectivity index (χ0) is 22.7. The molecule has 2 aliphatic rings. The highest BCUT2D eigenvalue weighted by Crippen LogP contribution is 2.32. The summed E-state index contributed by atoms with van der Waals surface area (Å²) in [4.78, 5) is 2.53. The first kappa shape index (κ1) is 23.0. The number of rotatable bonds is 5. The van der Waals surface area contributed by atoms with Gasteiger partial charge >= 0.3 is 0 Å². The van der Waals surface area contributed by atoms with Crippen molar-refractivity contribution in [3.05, 3.63) is 47.5 Å². The molecule has 4 rings (SSSR count). The minimum absolute atomic E-state index is 0.263. The first-order valence-electron chi connectivity index (χ1n) is 11.0. The summed E-state index contributed by atoms with van der Waals surface area (Å²) < 4.78 is 33.2. The Morgan fingerprint density at radius 2 is 1.66 bits per heavy atom. The molecule has 0 spiro atoms. The molecule has 2 N–H and O–H groups in total. The summed E-state index contributed by atoms with van der Waals surface area (Å²) >= 11 is 5.57. The summed E-state index contributed by atoms with van der Waals surface area (Å²) in [5.74, 6) is 0. The number of benzene rings is 2. The number of aryl methyl sites for hydroxylation is 2. The minimum atomic E-state index is -3.60. The molecule has 0 saturated carbocycles. The average molecular weight is 475 g/mol. The van der Waals surface area contributed by atoms with E-state index in [1.807, 2.05) is 24.3 Å². The topological polar surface area (TPSA) is 73.9 Å². The molecule has 0 unspecified atom stereocenters. The van der Waals surface area contributed by atoms with Crippen LogP contribution in [0.15, 0.2) is 41.3 Å². The van der Waals surface area contributed by atoms with Crippen molar-refractivity contribution in [2.24, 2.45) is 0 Å². The molecule has 2 aliphatic heterocycles. The van der Waals surface area contributed by atoms with Crippen molar-refractivity contribution in [1.29, 1.82) is 0 Å². The standard InChI is InChI=1S/C23H30N4O3S2/c1-17-5-6-19(15-18(17)2)24-23(31)25-21-16-20(7-8-22(21)26-9-3-4-10-26)32(28,29)27-11-13-30-14-12-27/h5-8,15-16H,3-4,9-14H2,1-2H3,(H2,24,25,31). The smallest absolute Gasteiger partial charge is 0.243 e. The normalized spacial score (nSPS) is 17.4. The van der Waals surface area contributed by atoms with Crippen molar-refractivity contribution < 1.29 is 13.2 Å². The monoisotopic (exact) mass is 474 g/mol. The molecule has 0 atom stereocenters. The molecule has 0 bridgehead atoms. The Kier molecular flexibility index (Phi) is 6.99. The largest absolute Gasteiger partial charge is 0.379 e. The van der Waals surface area contributed by atoms with Crippen LogP contribution in [0.4, 0.5) is 17.1 Å². The Hall–Kier alpha value is -2.20. The first-order chi connectivity index (χ1) is 15.3. The van der Waals surface area contributed by atoms with E-state index in [4.69, 9.17) is 17.0 Å². The molecule has 7 nitrogen and oxygen atoms in total. The third-order valence-corrected chi connectivity index (χ3v) is 8.13. The van der Waals surface area contributed by atoms with Crippen molar-refractivity contribution >= 4 is 44.4 Å². The van der Waals surface area contributed by atoms with E-state index in [1.54, 1.807) is 12.1 Å². The fourth-order valence-corrected chi connectivity index (χ4v) is 5.71. The molecule has 9 heteroatoms. The number of hydrogen-bond acceptors (Lipinski definition) is 5. The maximum absolute atomic E-state index is 13.2. The van der Waals surface area contributed by atoms with Crippen LogP contribution in [0, 0.1) is 13.8 Å². The van der Waals surface area contributed by atoms with Crippen molar-refractivity contribution in [3.63, 3.8) is 0 Å². The molecule has 2 saturated heterocycles. The zero-order valence-electron chi connectivity index (χ0n) is 18.6. The van der Waals surface area contributed by atoms with E-state index in [0.29, 0.717) is 37.1 Å². The van der Waals surface area contributed by atoms with Crippen LogP contribution >= 0.6 is 12.2 Å². The van der Waals surface area contributed by atoms with Gasteiger partial charge in [0.1, 0.15) is 0 Å². The van der Waals surface area contributed by atoms with Crippen molar-refractivity contribution in [1.82, 2.24) is 4.31 Å². The zero-order valence-corrected chi connectivity index (χ0v) is 20.2. The summed E-state index contributed by atoms with van der Waals surface area (Å²) in [5.41, 5.74) is 4.95. The highest BCUT2D eigenvalue weighted by atomic mass is 32.2. The van der Waals surface area contributed by atoms with E-state index >= 15 is 0 Å². The SMILES string of the molecule is Cc1ccc(NC(=S)Nc2cc(S(=O)(=O)N3CCOCC3)ccc2N2CCCC2)cc1C. The number of ether oxygens (including phenoxy) is 1. The first-order valence-corrected chi connectivity index (χ1v) is 12.8. The molecule has 0 aliphatic carbocycles. The third-order valence-electron chi connectivity index (χ3n) is 6.04. The second kappa shape index (κ2) is 9.74. The van der Waals surface area contributed by atoms with Gasteiger partial charge in [-0.15, -0.1) is 0 Å². The maximum atomic E-state index is 13.2. The average Bonchev–Trinajstić information content (AvgIpc) is 3.31. The van der Waals surface area contributed by atoms with E-state index in [0.717, 1.165) is 37.3 Å². The number of thiocarbonyl (C=S) groups is 1. The van der Waals surface area contributed by atoms with Gasteiger partial charge in [0.05, 0.1) is 29.5 Å². The number of nitrogens with one attached hydrogen (secondary N) is 2. The molecular formula is C23H30N4O3S2. The lowest BCUT2D eigenvalue weighted by Gasteiger charge is -2.27. The van der Waals surface area contributed by atoms with E-state index in [2.05, 4.69) is 29.4 Å². The summed E-state index contributed by atoms with van der Waals surface area (Å²) in [7, 11) is -3.60. The fourth-order valence-electron chi connectivity index (χ4n) is 4.05. The number of hydrogen-bond donors (Lipinski definition) is 2. The van der Waals surface area contributed by atoms with Gasteiger partial charge in [-0.05, 0) is 80.4 Å². The lowest BCUT2D eigenvalue weighted by molar-refractivity contribution is 0.0730. The number of morpholine rings is 1. The van der Waals surface area contributed by atoms with Crippen LogP contribution in [0.5, 0.6) is 0 Å². The predicted molar refractivity (Wildman–Crippen MR) is 133 cm³/mol.